The molecule has 1 aromatic heterocycles. The van der Waals surface area contributed by atoms with Gasteiger partial charge in [0, 0.05) is 0 Å². The van der Waals surface area contributed by atoms with Gasteiger partial charge in [0.2, 0.25) is 0 Å². The summed E-state index contributed by atoms with van der Waals surface area (Å²) in [5.74, 6) is -0.529. The Hall–Kier alpha value is -3.87. The Morgan fingerprint density at radius 3 is 2.39 bits per heavy atom. The summed E-state index contributed by atoms with van der Waals surface area (Å²) in [6, 6.07) is 17.1. The van der Waals surface area contributed by atoms with E-state index in [4.69, 9.17) is 9.15 Å². The van der Waals surface area contributed by atoms with Crippen molar-refractivity contribution in [2.24, 2.45) is 0 Å². The molecule has 3 aromatic rings. The van der Waals surface area contributed by atoms with Crippen molar-refractivity contribution in [3.63, 3.8) is 0 Å². The number of benzene rings is 2. The van der Waals surface area contributed by atoms with E-state index in [9.17, 15) is 14.4 Å². The normalized spacial score (nSPS) is 10.5. The minimum absolute atomic E-state index is 0.224. The molecule has 2 N–H and O–H groups in total. The lowest BCUT2D eigenvalue weighted by Crippen LogP contribution is -2.26. The van der Waals surface area contributed by atoms with E-state index in [0.29, 0.717) is 22.9 Å². The molecule has 160 valence electrons. The first-order valence-corrected chi connectivity index (χ1v) is 9.90. The number of rotatable bonds is 8. The average molecular weight is 420 g/mol. The Bertz CT molecular complexity index is 1040. The molecule has 0 aliphatic carbocycles. The molecule has 31 heavy (non-hydrogen) atoms. The van der Waals surface area contributed by atoms with Gasteiger partial charge in [0.25, 0.3) is 11.8 Å². The van der Waals surface area contributed by atoms with Crippen LogP contribution in [0, 0.1) is 0 Å². The summed E-state index contributed by atoms with van der Waals surface area (Å²) < 4.78 is 10.3. The molecular weight excluding hydrogens is 396 g/mol. The quantitative estimate of drug-likeness (QED) is 0.534. The maximum atomic E-state index is 12.5. The van der Waals surface area contributed by atoms with Crippen LogP contribution in [0.1, 0.15) is 51.8 Å². The average Bonchev–Trinajstić information content (AvgIpc) is 3.30. The minimum Gasteiger partial charge on any atom is -0.467 e. The van der Waals surface area contributed by atoms with E-state index in [1.54, 1.807) is 48.5 Å². The fourth-order valence-corrected chi connectivity index (χ4v) is 2.87. The number of hydrogen-bond donors (Lipinski definition) is 2. The lowest BCUT2D eigenvalue weighted by molar-refractivity contribution is -0.119. The molecule has 0 spiro atoms. The predicted octanol–water partition coefficient (Wildman–Crippen LogP) is 4.13. The molecule has 7 heteroatoms. The Labute approximate surface area is 180 Å². The Morgan fingerprint density at radius 2 is 1.71 bits per heavy atom. The molecule has 0 radical (unpaired) electrons. The van der Waals surface area contributed by atoms with Gasteiger partial charge in [-0.2, -0.15) is 0 Å². The Kier molecular flexibility index (Phi) is 7.22. The number of nitrogens with one attached hydrogen (secondary N) is 2. The van der Waals surface area contributed by atoms with Crippen LogP contribution in [0.3, 0.4) is 0 Å². The number of ether oxygens (including phenoxy) is 1. The zero-order chi connectivity index (χ0) is 22.2. The van der Waals surface area contributed by atoms with Crippen molar-refractivity contribution in [3.8, 4) is 0 Å². The fourth-order valence-electron chi connectivity index (χ4n) is 2.87. The highest BCUT2D eigenvalue weighted by atomic mass is 16.5. The third-order valence-corrected chi connectivity index (χ3v) is 4.60. The molecule has 0 bridgehead atoms. The molecule has 0 saturated heterocycles. The van der Waals surface area contributed by atoms with Gasteiger partial charge in [0.15, 0.2) is 6.61 Å². The van der Waals surface area contributed by atoms with Crippen molar-refractivity contribution >= 4 is 23.5 Å². The van der Waals surface area contributed by atoms with Gasteiger partial charge in [-0.05, 0) is 47.9 Å². The minimum atomic E-state index is -0.588. The van der Waals surface area contributed by atoms with Gasteiger partial charge < -0.3 is 19.8 Å². The topological polar surface area (TPSA) is 97.6 Å². The van der Waals surface area contributed by atoms with E-state index < -0.39 is 18.5 Å². The Morgan fingerprint density at radius 1 is 0.968 bits per heavy atom. The summed E-state index contributed by atoms with van der Waals surface area (Å²) in [5, 5.41) is 5.34. The van der Waals surface area contributed by atoms with Gasteiger partial charge in [-0.3, -0.25) is 9.59 Å². The third kappa shape index (κ3) is 6.05. The van der Waals surface area contributed by atoms with E-state index in [-0.39, 0.29) is 18.0 Å². The molecular formula is C24H24N2O5. The van der Waals surface area contributed by atoms with Gasteiger partial charge in [0.05, 0.1) is 29.6 Å². The van der Waals surface area contributed by atoms with E-state index >= 15 is 0 Å². The standard InChI is InChI=1S/C24H24N2O5/c1-16(2)17-9-11-18(12-10-17)24(29)31-15-22(27)26-21-8-4-3-7-20(21)23(28)25-14-19-6-5-13-30-19/h3-13,16H,14-15H2,1-2H3,(H,25,28)(H,26,27). The zero-order valence-corrected chi connectivity index (χ0v) is 17.4. The Balaban J connectivity index is 1.55. The zero-order valence-electron chi connectivity index (χ0n) is 17.4. The number of carbonyl (C=O) groups is 3. The van der Waals surface area contributed by atoms with Crippen LogP contribution in [0.2, 0.25) is 0 Å². The van der Waals surface area contributed by atoms with Gasteiger partial charge in [0.1, 0.15) is 5.76 Å². The highest BCUT2D eigenvalue weighted by Crippen LogP contribution is 2.17. The van der Waals surface area contributed by atoms with Crippen molar-refractivity contribution in [2.45, 2.75) is 26.3 Å². The van der Waals surface area contributed by atoms with E-state index in [1.165, 1.54) is 6.26 Å². The number of hydrogen-bond acceptors (Lipinski definition) is 5. The molecule has 3 rings (SSSR count). The highest BCUT2D eigenvalue weighted by Gasteiger charge is 2.15. The van der Waals surface area contributed by atoms with Gasteiger partial charge in [-0.25, -0.2) is 4.79 Å². The molecule has 1 heterocycles. The monoisotopic (exact) mass is 420 g/mol. The molecule has 0 atom stereocenters. The molecule has 2 aromatic carbocycles. The van der Waals surface area contributed by atoms with Crippen molar-refractivity contribution in [1.29, 1.82) is 0 Å². The summed E-state index contributed by atoms with van der Waals surface area (Å²) in [7, 11) is 0. The van der Waals surface area contributed by atoms with Crippen LogP contribution in [0.25, 0.3) is 0 Å². The van der Waals surface area contributed by atoms with Crippen LogP contribution in [0.15, 0.2) is 71.3 Å². The third-order valence-electron chi connectivity index (χ3n) is 4.60. The fraction of sp³-hybridized carbons (Fsp3) is 0.208. The van der Waals surface area contributed by atoms with Crippen LogP contribution in [0.5, 0.6) is 0 Å². The summed E-state index contributed by atoms with van der Waals surface area (Å²) in [6.45, 7) is 3.88. The second-order valence-electron chi connectivity index (χ2n) is 7.21. The number of esters is 1. The SMILES string of the molecule is CC(C)c1ccc(C(=O)OCC(=O)Nc2ccccc2C(=O)NCc2ccco2)cc1. The smallest absolute Gasteiger partial charge is 0.338 e. The highest BCUT2D eigenvalue weighted by molar-refractivity contribution is 6.04. The van der Waals surface area contributed by atoms with Crippen LogP contribution < -0.4 is 10.6 Å². The van der Waals surface area contributed by atoms with Crippen LogP contribution >= 0.6 is 0 Å². The first-order chi connectivity index (χ1) is 14.9. The largest absolute Gasteiger partial charge is 0.467 e. The number of carbonyl (C=O) groups excluding carboxylic acids is 3. The van der Waals surface area contributed by atoms with Gasteiger partial charge in [-0.1, -0.05) is 38.1 Å². The predicted molar refractivity (Wildman–Crippen MR) is 116 cm³/mol. The molecule has 7 nitrogen and oxygen atoms in total. The van der Waals surface area contributed by atoms with Crippen molar-refractivity contribution in [2.75, 3.05) is 11.9 Å². The molecule has 0 aliphatic heterocycles. The lowest BCUT2D eigenvalue weighted by atomic mass is 10.0. The first kappa shape index (κ1) is 21.8. The summed E-state index contributed by atoms with van der Waals surface area (Å²) in [6.07, 6.45) is 1.52. The second kappa shape index (κ2) is 10.2. The first-order valence-electron chi connectivity index (χ1n) is 9.90. The number of anilines is 1. The van der Waals surface area contributed by atoms with Crippen LogP contribution in [-0.2, 0) is 16.1 Å². The van der Waals surface area contributed by atoms with Gasteiger partial charge in [-0.15, -0.1) is 0 Å². The number of furan rings is 1. The van der Waals surface area contributed by atoms with Gasteiger partial charge >= 0.3 is 5.97 Å². The lowest BCUT2D eigenvalue weighted by Gasteiger charge is -2.11. The molecule has 0 fully saturated rings. The summed E-state index contributed by atoms with van der Waals surface area (Å²) in [4.78, 5) is 36.9. The van der Waals surface area contributed by atoms with Crippen molar-refractivity contribution in [1.82, 2.24) is 5.32 Å². The summed E-state index contributed by atoms with van der Waals surface area (Å²) in [5.41, 5.74) is 2.09. The molecule has 0 unspecified atom stereocenters. The maximum absolute atomic E-state index is 12.5. The molecule has 0 aliphatic rings. The summed E-state index contributed by atoms with van der Waals surface area (Å²) >= 11 is 0. The van der Waals surface area contributed by atoms with E-state index in [0.717, 1.165) is 5.56 Å². The number of para-hydroxylation sites is 1. The van der Waals surface area contributed by atoms with E-state index in [1.807, 2.05) is 12.1 Å². The van der Waals surface area contributed by atoms with Crippen LogP contribution in [0.4, 0.5) is 5.69 Å². The van der Waals surface area contributed by atoms with Crippen LogP contribution in [-0.4, -0.2) is 24.4 Å². The van der Waals surface area contributed by atoms with Crippen molar-refractivity contribution in [3.05, 3.63) is 89.4 Å². The van der Waals surface area contributed by atoms with E-state index in [2.05, 4.69) is 24.5 Å². The van der Waals surface area contributed by atoms with Crippen molar-refractivity contribution < 1.29 is 23.5 Å². The molecule has 0 saturated carbocycles. The molecule has 2 amide bonds. The maximum Gasteiger partial charge on any atom is 0.338 e. The second-order valence-corrected chi connectivity index (χ2v) is 7.21. The number of amides is 2.